The van der Waals surface area contributed by atoms with E-state index >= 15 is 0 Å². The van der Waals surface area contributed by atoms with Crippen molar-refractivity contribution in [1.82, 2.24) is 5.32 Å². The van der Waals surface area contributed by atoms with E-state index in [9.17, 15) is 4.79 Å². The van der Waals surface area contributed by atoms with Crippen LogP contribution in [0, 0.1) is 0 Å². The second-order valence-electron chi connectivity index (χ2n) is 4.19. The molecule has 0 aromatic heterocycles. The van der Waals surface area contributed by atoms with Crippen molar-refractivity contribution in [2.45, 2.75) is 31.7 Å². The Kier molecular flexibility index (Phi) is 3.44. The fourth-order valence-corrected chi connectivity index (χ4v) is 1.61. The lowest BCUT2D eigenvalue weighted by atomic mass is 10.1. The Labute approximate surface area is 95.8 Å². The van der Waals surface area contributed by atoms with Crippen molar-refractivity contribution in [2.75, 3.05) is 7.11 Å². The van der Waals surface area contributed by atoms with Crippen molar-refractivity contribution in [3.63, 3.8) is 0 Å². The van der Waals surface area contributed by atoms with Crippen molar-refractivity contribution in [3.8, 4) is 5.75 Å². The van der Waals surface area contributed by atoms with Gasteiger partial charge in [0, 0.05) is 12.5 Å². The zero-order valence-electron chi connectivity index (χ0n) is 9.53. The minimum atomic E-state index is 0.158. The number of rotatable bonds is 5. The first-order chi connectivity index (χ1) is 7.78. The van der Waals surface area contributed by atoms with Crippen LogP contribution in [0.1, 0.15) is 24.8 Å². The first kappa shape index (κ1) is 11.0. The van der Waals surface area contributed by atoms with E-state index in [2.05, 4.69) is 5.32 Å². The maximum absolute atomic E-state index is 11.5. The summed E-state index contributed by atoms with van der Waals surface area (Å²) in [5, 5.41) is 2.98. The average Bonchev–Trinajstić information content (AvgIpc) is 3.10. The molecule has 16 heavy (non-hydrogen) atoms. The summed E-state index contributed by atoms with van der Waals surface area (Å²) in [4.78, 5) is 11.5. The molecule has 0 atom stereocenters. The molecule has 1 aliphatic carbocycles. The number of methoxy groups -OCH3 is 1. The fraction of sp³-hybridized carbons (Fsp3) is 0.462. The smallest absolute Gasteiger partial charge is 0.220 e. The highest BCUT2D eigenvalue weighted by Gasteiger charge is 2.22. The molecule has 3 nitrogen and oxygen atoms in total. The van der Waals surface area contributed by atoms with Gasteiger partial charge in [-0.1, -0.05) is 12.1 Å². The summed E-state index contributed by atoms with van der Waals surface area (Å²) in [6.45, 7) is 0. The minimum Gasteiger partial charge on any atom is -0.497 e. The third kappa shape index (κ3) is 3.26. The van der Waals surface area contributed by atoms with Crippen LogP contribution in [0.15, 0.2) is 24.3 Å². The number of amides is 1. The van der Waals surface area contributed by atoms with E-state index in [0.29, 0.717) is 12.5 Å². The fourth-order valence-electron chi connectivity index (χ4n) is 1.61. The molecule has 86 valence electrons. The van der Waals surface area contributed by atoms with Crippen LogP contribution < -0.4 is 10.1 Å². The van der Waals surface area contributed by atoms with Gasteiger partial charge in [0.1, 0.15) is 5.75 Å². The van der Waals surface area contributed by atoms with E-state index in [1.807, 2.05) is 24.3 Å². The number of benzene rings is 1. The molecule has 1 aromatic rings. The van der Waals surface area contributed by atoms with Gasteiger partial charge in [-0.2, -0.15) is 0 Å². The molecule has 0 bridgehead atoms. The molecule has 1 saturated carbocycles. The lowest BCUT2D eigenvalue weighted by Crippen LogP contribution is -2.25. The largest absolute Gasteiger partial charge is 0.497 e. The molecule has 0 unspecified atom stereocenters. The monoisotopic (exact) mass is 219 g/mol. The summed E-state index contributed by atoms with van der Waals surface area (Å²) in [6.07, 6.45) is 3.62. The van der Waals surface area contributed by atoms with Crippen LogP contribution in [0.5, 0.6) is 5.75 Å². The van der Waals surface area contributed by atoms with E-state index in [4.69, 9.17) is 4.74 Å². The Morgan fingerprint density at radius 1 is 1.50 bits per heavy atom. The van der Waals surface area contributed by atoms with Crippen LogP contribution in [0.4, 0.5) is 0 Å². The number of carbonyl (C=O) groups is 1. The third-order valence-electron chi connectivity index (χ3n) is 2.72. The average molecular weight is 219 g/mol. The maximum atomic E-state index is 11.5. The van der Waals surface area contributed by atoms with E-state index in [-0.39, 0.29) is 5.91 Å². The van der Waals surface area contributed by atoms with Gasteiger partial charge in [-0.25, -0.2) is 0 Å². The Balaban J connectivity index is 1.80. The highest BCUT2D eigenvalue weighted by atomic mass is 16.5. The summed E-state index contributed by atoms with van der Waals surface area (Å²) in [7, 11) is 1.65. The summed E-state index contributed by atoms with van der Waals surface area (Å²) in [5.74, 6) is 1.01. The number of nitrogens with one attached hydrogen (secondary N) is 1. The van der Waals surface area contributed by atoms with E-state index in [1.54, 1.807) is 7.11 Å². The zero-order chi connectivity index (χ0) is 11.4. The number of hydrogen-bond donors (Lipinski definition) is 1. The van der Waals surface area contributed by atoms with Crippen LogP contribution in [-0.4, -0.2) is 19.1 Å². The van der Waals surface area contributed by atoms with E-state index in [0.717, 1.165) is 30.6 Å². The molecule has 0 spiro atoms. The first-order valence-electron chi connectivity index (χ1n) is 5.70. The zero-order valence-corrected chi connectivity index (χ0v) is 9.53. The molecular formula is C13H17NO2. The molecule has 1 amide bonds. The quantitative estimate of drug-likeness (QED) is 0.821. The first-order valence-corrected chi connectivity index (χ1v) is 5.70. The third-order valence-corrected chi connectivity index (χ3v) is 2.72. The van der Waals surface area contributed by atoms with Crippen molar-refractivity contribution in [2.24, 2.45) is 0 Å². The van der Waals surface area contributed by atoms with Crippen LogP contribution >= 0.6 is 0 Å². The maximum Gasteiger partial charge on any atom is 0.220 e. The van der Waals surface area contributed by atoms with E-state index < -0.39 is 0 Å². The lowest BCUT2D eigenvalue weighted by Gasteiger charge is -2.05. The van der Waals surface area contributed by atoms with Gasteiger partial charge in [0.2, 0.25) is 5.91 Å². The SMILES string of the molecule is COc1cccc(CCC(=O)NC2CC2)c1. The van der Waals surface area contributed by atoms with Gasteiger partial charge in [-0.15, -0.1) is 0 Å². The number of hydrogen-bond acceptors (Lipinski definition) is 2. The molecule has 2 rings (SSSR count). The number of ether oxygens (including phenoxy) is 1. The van der Waals surface area contributed by atoms with Gasteiger partial charge >= 0.3 is 0 Å². The van der Waals surface area contributed by atoms with Gasteiger partial charge in [0.05, 0.1) is 7.11 Å². The molecule has 1 N–H and O–H groups in total. The summed E-state index contributed by atoms with van der Waals surface area (Å²) in [5.41, 5.74) is 1.14. The summed E-state index contributed by atoms with van der Waals surface area (Å²) < 4.78 is 5.14. The minimum absolute atomic E-state index is 0.158. The molecule has 1 aromatic carbocycles. The Morgan fingerprint density at radius 3 is 3.00 bits per heavy atom. The molecule has 3 heteroatoms. The summed E-state index contributed by atoms with van der Waals surface area (Å²) in [6, 6.07) is 8.32. The van der Waals surface area contributed by atoms with Gasteiger partial charge in [-0.3, -0.25) is 4.79 Å². The van der Waals surface area contributed by atoms with E-state index in [1.165, 1.54) is 0 Å². The van der Waals surface area contributed by atoms with Gasteiger partial charge in [0.15, 0.2) is 0 Å². The lowest BCUT2D eigenvalue weighted by molar-refractivity contribution is -0.121. The second kappa shape index (κ2) is 5.01. The second-order valence-corrected chi connectivity index (χ2v) is 4.19. The predicted molar refractivity (Wildman–Crippen MR) is 62.5 cm³/mol. The van der Waals surface area contributed by atoms with Gasteiger partial charge in [0.25, 0.3) is 0 Å². The molecule has 0 radical (unpaired) electrons. The molecule has 0 heterocycles. The normalized spacial score (nSPS) is 14.6. The molecule has 0 saturated heterocycles. The van der Waals surface area contributed by atoms with Crippen molar-refractivity contribution in [1.29, 1.82) is 0 Å². The highest BCUT2D eigenvalue weighted by Crippen LogP contribution is 2.19. The highest BCUT2D eigenvalue weighted by molar-refractivity contribution is 5.76. The molecule has 0 aliphatic heterocycles. The predicted octanol–water partition coefficient (Wildman–Crippen LogP) is 1.91. The van der Waals surface area contributed by atoms with Gasteiger partial charge in [-0.05, 0) is 37.0 Å². The standard InChI is InChI=1S/C13H17NO2/c1-16-12-4-2-3-10(9-12)5-8-13(15)14-11-6-7-11/h2-4,9,11H,5-8H2,1H3,(H,14,15). The van der Waals surface area contributed by atoms with Crippen LogP contribution in [0.25, 0.3) is 0 Å². The van der Waals surface area contributed by atoms with Crippen molar-refractivity contribution >= 4 is 5.91 Å². The van der Waals surface area contributed by atoms with Crippen molar-refractivity contribution < 1.29 is 9.53 Å². The van der Waals surface area contributed by atoms with Crippen LogP contribution in [0.3, 0.4) is 0 Å². The Bertz CT molecular complexity index is 372. The Morgan fingerprint density at radius 2 is 2.31 bits per heavy atom. The number of carbonyl (C=O) groups excluding carboxylic acids is 1. The molecular weight excluding hydrogens is 202 g/mol. The topological polar surface area (TPSA) is 38.3 Å². The molecule has 1 fully saturated rings. The Hall–Kier alpha value is -1.51. The molecule has 1 aliphatic rings. The van der Waals surface area contributed by atoms with Crippen molar-refractivity contribution in [3.05, 3.63) is 29.8 Å². The van der Waals surface area contributed by atoms with Crippen LogP contribution in [-0.2, 0) is 11.2 Å². The van der Waals surface area contributed by atoms with Crippen LogP contribution in [0.2, 0.25) is 0 Å². The summed E-state index contributed by atoms with van der Waals surface area (Å²) >= 11 is 0. The number of aryl methyl sites for hydroxylation is 1. The van der Waals surface area contributed by atoms with Gasteiger partial charge < -0.3 is 10.1 Å².